The molecule has 0 saturated carbocycles. The van der Waals surface area contributed by atoms with Crippen molar-refractivity contribution in [1.29, 1.82) is 0 Å². The Morgan fingerprint density at radius 1 is 1.36 bits per heavy atom. The maximum atomic E-state index is 11.2. The van der Waals surface area contributed by atoms with Gasteiger partial charge < -0.3 is 0 Å². The Kier molecular flexibility index (Phi) is 1.16. The first-order valence-electron chi connectivity index (χ1n) is 3.47. The van der Waals surface area contributed by atoms with E-state index in [1.165, 1.54) is 0 Å². The molecular weight excluding hydrogens is 160 g/mol. The van der Waals surface area contributed by atoms with Crippen molar-refractivity contribution in [2.24, 2.45) is 0 Å². The predicted octanol–water partition coefficient (Wildman–Crippen LogP) is 2.34. The normalized spacial score (nSPS) is 27.6. The highest BCUT2D eigenvalue weighted by Crippen LogP contribution is 2.43. The monoisotopic (exact) mass is 166 g/mol. The summed E-state index contributed by atoms with van der Waals surface area (Å²) in [6.45, 7) is 1.74. The Morgan fingerprint density at radius 3 is 2.64 bits per heavy atom. The molecule has 56 valence electrons. The third-order valence-corrected chi connectivity index (χ3v) is 2.48. The van der Waals surface area contributed by atoms with Crippen LogP contribution in [0, 0.1) is 0 Å². The molecule has 2 heteroatoms. The summed E-state index contributed by atoms with van der Waals surface area (Å²) < 4.78 is 0. The van der Waals surface area contributed by atoms with E-state index >= 15 is 0 Å². The van der Waals surface area contributed by atoms with Crippen LogP contribution in [-0.4, -0.2) is 5.78 Å². The fraction of sp³-hybridized carbons (Fsp3) is 0.222. The van der Waals surface area contributed by atoms with Crippen LogP contribution < -0.4 is 0 Å². The highest BCUT2D eigenvalue weighted by molar-refractivity contribution is 6.42. The molecule has 2 rings (SSSR count). The van der Waals surface area contributed by atoms with Gasteiger partial charge in [-0.05, 0) is 12.5 Å². The van der Waals surface area contributed by atoms with E-state index in [9.17, 15) is 4.79 Å². The minimum absolute atomic E-state index is 0.0368. The second-order valence-electron chi connectivity index (χ2n) is 2.88. The van der Waals surface area contributed by atoms with E-state index in [0.29, 0.717) is 0 Å². The number of carbonyl (C=O) groups excluding carboxylic acids is 1. The highest BCUT2D eigenvalue weighted by atomic mass is 35.5. The Balaban J connectivity index is 2.65. The average Bonchev–Trinajstić information content (AvgIpc) is 2.04. The van der Waals surface area contributed by atoms with Crippen molar-refractivity contribution in [2.75, 3.05) is 0 Å². The molecule has 0 fully saturated rings. The number of alkyl halides is 1. The molecule has 11 heavy (non-hydrogen) atoms. The lowest BCUT2D eigenvalue weighted by Gasteiger charge is -2.32. The van der Waals surface area contributed by atoms with Gasteiger partial charge in [-0.1, -0.05) is 24.3 Å². The molecule has 0 saturated heterocycles. The third kappa shape index (κ3) is 0.690. The zero-order chi connectivity index (χ0) is 8.06. The van der Waals surface area contributed by atoms with Gasteiger partial charge in [0.05, 0.1) is 0 Å². The molecule has 1 nitrogen and oxygen atoms in total. The van der Waals surface area contributed by atoms with Crippen molar-refractivity contribution in [3.8, 4) is 0 Å². The van der Waals surface area contributed by atoms with Crippen LogP contribution in [0.1, 0.15) is 22.8 Å². The number of carbonyl (C=O) groups is 1. The molecular formula is C9H7ClO. The molecule has 0 aromatic heterocycles. The van der Waals surface area contributed by atoms with Gasteiger partial charge in [0.15, 0.2) is 5.78 Å². The molecule has 0 spiro atoms. The number of ketones is 1. The molecule has 0 aliphatic heterocycles. The van der Waals surface area contributed by atoms with Gasteiger partial charge in [0.2, 0.25) is 0 Å². The summed E-state index contributed by atoms with van der Waals surface area (Å²) in [7, 11) is 0. The van der Waals surface area contributed by atoms with E-state index in [4.69, 9.17) is 11.6 Å². The Labute approximate surface area is 70.0 Å². The van der Waals surface area contributed by atoms with E-state index in [2.05, 4.69) is 0 Å². The molecule has 0 bridgehead atoms. The zero-order valence-corrected chi connectivity index (χ0v) is 6.85. The van der Waals surface area contributed by atoms with Gasteiger partial charge in [0.25, 0.3) is 0 Å². The van der Waals surface area contributed by atoms with E-state index in [0.717, 1.165) is 11.1 Å². The van der Waals surface area contributed by atoms with Gasteiger partial charge in [-0.3, -0.25) is 4.79 Å². The predicted molar refractivity (Wildman–Crippen MR) is 44.0 cm³/mol. The molecule has 1 aromatic rings. The number of hydrogen-bond acceptors (Lipinski definition) is 1. The van der Waals surface area contributed by atoms with Gasteiger partial charge in [0, 0.05) is 5.56 Å². The number of fused-ring (bicyclic) bond motifs is 1. The van der Waals surface area contributed by atoms with E-state index in [1.54, 1.807) is 6.92 Å². The lowest BCUT2D eigenvalue weighted by atomic mass is 9.77. The highest BCUT2D eigenvalue weighted by Gasteiger charge is 2.45. The topological polar surface area (TPSA) is 17.1 Å². The number of hydrogen-bond donors (Lipinski definition) is 0. The fourth-order valence-corrected chi connectivity index (χ4v) is 1.67. The Bertz CT molecular complexity index is 328. The summed E-state index contributed by atoms with van der Waals surface area (Å²) in [6.07, 6.45) is 0. The van der Waals surface area contributed by atoms with Gasteiger partial charge in [0.1, 0.15) is 4.87 Å². The number of Topliss-reactive ketones (excluding diaryl/α,β-unsaturated/α-hetero) is 1. The largest absolute Gasteiger partial charge is 0.292 e. The van der Waals surface area contributed by atoms with Crippen molar-refractivity contribution in [1.82, 2.24) is 0 Å². The Hall–Kier alpha value is -0.820. The molecule has 1 atom stereocenters. The molecule has 1 unspecified atom stereocenters. The second-order valence-corrected chi connectivity index (χ2v) is 3.63. The number of rotatable bonds is 0. The Morgan fingerprint density at radius 2 is 2.00 bits per heavy atom. The summed E-state index contributed by atoms with van der Waals surface area (Å²) in [5.74, 6) is 0.0368. The zero-order valence-electron chi connectivity index (χ0n) is 6.10. The van der Waals surface area contributed by atoms with E-state index in [1.807, 2.05) is 24.3 Å². The first-order valence-corrected chi connectivity index (χ1v) is 3.85. The van der Waals surface area contributed by atoms with Gasteiger partial charge >= 0.3 is 0 Å². The van der Waals surface area contributed by atoms with E-state index < -0.39 is 4.87 Å². The van der Waals surface area contributed by atoms with Gasteiger partial charge in [-0.15, -0.1) is 11.6 Å². The maximum Gasteiger partial charge on any atom is 0.188 e. The SMILES string of the molecule is CC1(Cl)C(=O)c2ccccc21. The number of halogens is 1. The van der Waals surface area contributed by atoms with Crippen LogP contribution in [0.25, 0.3) is 0 Å². The summed E-state index contributed by atoms with van der Waals surface area (Å²) >= 11 is 5.94. The van der Waals surface area contributed by atoms with Gasteiger partial charge in [-0.25, -0.2) is 0 Å². The van der Waals surface area contributed by atoms with Crippen LogP contribution in [0.4, 0.5) is 0 Å². The first kappa shape index (κ1) is 6.86. The first-order chi connectivity index (χ1) is 5.14. The molecule has 1 aliphatic carbocycles. The third-order valence-electron chi connectivity index (χ3n) is 2.10. The summed E-state index contributed by atoms with van der Waals surface area (Å²) in [5, 5.41) is 0. The molecule has 0 N–H and O–H groups in total. The van der Waals surface area contributed by atoms with Crippen LogP contribution in [0.5, 0.6) is 0 Å². The lowest BCUT2D eigenvalue weighted by Crippen LogP contribution is -2.38. The second kappa shape index (κ2) is 1.86. The summed E-state index contributed by atoms with van der Waals surface area (Å²) in [5.41, 5.74) is 1.72. The van der Waals surface area contributed by atoms with Crippen LogP contribution in [0.3, 0.4) is 0 Å². The minimum Gasteiger partial charge on any atom is -0.292 e. The van der Waals surface area contributed by atoms with Crippen molar-refractivity contribution in [3.05, 3.63) is 35.4 Å². The van der Waals surface area contributed by atoms with Crippen molar-refractivity contribution < 1.29 is 4.79 Å². The molecule has 0 heterocycles. The van der Waals surface area contributed by atoms with Crippen molar-refractivity contribution >= 4 is 17.4 Å². The molecule has 0 amide bonds. The van der Waals surface area contributed by atoms with Gasteiger partial charge in [-0.2, -0.15) is 0 Å². The lowest BCUT2D eigenvalue weighted by molar-refractivity contribution is 0.0910. The fourth-order valence-electron chi connectivity index (χ4n) is 1.40. The van der Waals surface area contributed by atoms with Crippen LogP contribution in [-0.2, 0) is 4.87 Å². The molecule has 0 radical (unpaired) electrons. The molecule has 1 aromatic carbocycles. The van der Waals surface area contributed by atoms with Crippen LogP contribution in [0.2, 0.25) is 0 Å². The molecule has 1 aliphatic rings. The quantitative estimate of drug-likeness (QED) is 0.541. The number of benzene rings is 1. The van der Waals surface area contributed by atoms with Crippen LogP contribution >= 0.6 is 11.6 Å². The van der Waals surface area contributed by atoms with Crippen molar-refractivity contribution in [2.45, 2.75) is 11.8 Å². The minimum atomic E-state index is -0.753. The maximum absolute atomic E-state index is 11.2. The average molecular weight is 167 g/mol. The summed E-state index contributed by atoms with van der Waals surface area (Å²) in [4.78, 5) is 10.5. The van der Waals surface area contributed by atoms with E-state index in [-0.39, 0.29) is 5.78 Å². The summed E-state index contributed by atoms with van der Waals surface area (Å²) in [6, 6.07) is 7.44. The standard InChI is InChI=1S/C9H7ClO/c1-9(10)7-5-3-2-4-6(7)8(9)11/h2-5H,1H3. The van der Waals surface area contributed by atoms with Crippen molar-refractivity contribution in [3.63, 3.8) is 0 Å². The van der Waals surface area contributed by atoms with Crippen LogP contribution in [0.15, 0.2) is 24.3 Å². The smallest absolute Gasteiger partial charge is 0.188 e.